The van der Waals surface area contributed by atoms with Crippen molar-refractivity contribution in [2.24, 2.45) is 0 Å². The average Bonchev–Trinajstić information content (AvgIpc) is 3.06. The molecule has 0 saturated carbocycles. The highest BCUT2D eigenvalue weighted by atomic mass is 35.5. The molecule has 0 radical (unpaired) electrons. The second-order valence-corrected chi connectivity index (χ2v) is 6.73. The van der Waals surface area contributed by atoms with Gasteiger partial charge in [0.1, 0.15) is 5.69 Å². The van der Waals surface area contributed by atoms with Crippen LogP contribution in [0, 0.1) is 0 Å². The van der Waals surface area contributed by atoms with Gasteiger partial charge in [0, 0.05) is 28.4 Å². The van der Waals surface area contributed by atoms with Crippen LogP contribution < -0.4 is 5.32 Å². The highest BCUT2D eigenvalue weighted by Crippen LogP contribution is 2.31. The number of hydrogen-bond acceptors (Lipinski definition) is 3. The normalized spacial score (nSPS) is 13.4. The van der Waals surface area contributed by atoms with Crippen LogP contribution in [0.25, 0.3) is 11.3 Å². The summed E-state index contributed by atoms with van der Waals surface area (Å²) in [5, 5.41) is 8.94. The molecule has 3 aromatic rings. The lowest BCUT2D eigenvalue weighted by atomic mass is 10.0. The maximum Gasteiger partial charge on any atom is 0.173 e. The summed E-state index contributed by atoms with van der Waals surface area (Å²) in [6, 6.07) is 17.6. The van der Waals surface area contributed by atoms with Crippen molar-refractivity contribution in [1.82, 2.24) is 10.1 Å². The minimum Gasteiger partial charge on any atom is -0.356 e. The average molecular weight is 370 g/mol. The van der Waals surface area contributed by atoms with Crippen LogP contribution in [-0.2, 0) is 13.0 Å². The minimum atomic E-state index is 0.644. The summed E-state index contributed by atoms with van der Waals surface area (Å²) in [6.45, 7) is 1.47. The molecule has 0 atom stereocenters. The molecule has 1 aliphatic heterocycles. The fourth-order valence-electron chi connectivity index (χ4n) is 2.96. The van der Waals surface area contributed by atoms with E-state index in [1.165, 1.54) is 0 Å². The SMILES string of the molecule is S=C(Nc1ccccc1)N1CCc2c(noc2-c2ccc(Cl)cc2)C1. The van der Waals surface area contributed by atoms with Crippen molar-refractivity contribution in [3.8, 4) is 11.3 Å². The van der Waals surface area contributed by atoms with Crippen molar-refractivity contribution in [2.45, 2.75) is 13.0 Å². The van der Waals surface area contributed by atoms with E-state index in [9.17, 15) is 0 Å². The largest absolute Gasteiger partial charge is 0.356 e. The third-order valence-electron chi connectivity index (χ3n) is 4.26. The Kier molecular flexibility index (Phi) is 4.42. The second kappa shape index (κ2) is 6.86. The van der Waals surface area contributed by atoms with E-state index in [4.69, 9.17) is 28.3 Å². The number of para-hydroxylation sites is 1. The predicted octanol–water partition coefficient (Wildman–Crippen LogP) is 4.75. The first-order valence-corrected chi connectivity index (χ1v) is 8.83. The Morgan fingerprint density at radius 3 is 2.64 bits per heavy atom. The van der Waals surface area contributed by atoms with Crippen LogP contribution in [0.4, 0.5) is 5.69 Å². The molecule has 0 aliphatic carbocycles. The van der Waals surface area contributed by atoms with Crippen molar-refractivity contribution >= 4 is 34.6 Å². The Balaban J connectivity index is 1.51. The molecule has 0 unspecified atom stereocenters. The summed E-state index contributed by atoms with van der Waals surface area (Å²) in [7, 11) is 0. The Morgan fingerprint density at radius 2 is 1.88 bits per heavy atom. The van der Waals surface area contributed by atoms with Crippen LogP contribution in [0.1, 0.15) is 11.3 Å². The van der Waals surface area contributed by atoms with Crippen LogP contribution in [-0.4, -0.2) is 21.7 Å². The van der Waals surface area contributed by atoms with Crippen LogP contribution in [0.5, 0.6) is 0 Å². The summed E-state index contributed by atoms with van der Waals surface area (Å²) in [6.07, 6.45) is 0.841. The van der Waals surface area contributed by atoms with E-state index in [-0.39, 0.29) is 0 Å². The summed E-state index contributed by atoms with van der Waals surface area (Å²) < 4.78 is 5.61. The number of thiocarbonyl (C=S) groups is 1. The van der Waals surface area contributed by atoms with Gasteiger partial charge in [-0.1, -0.05) is 35.0 Å². The smallest absolute Gasteiger partial charge is 0.173 e. The fourth-order valence-corrected chi connectivity index (χ4v) is 3.36. The van der Waals surface area contributed by atoms with Crippen LogP contribution in [0.2, 0.25) is 5.02 Å². The highest BCUT2D eigenvalue weighted by Gasteiger charge is 2.25. The molecule has 0 spiro atoms. The van der Waals surface area contributed by atoms with Crippen LogP contribution in [0.3, 0.4) is 0 Å². The first kappa shape index (κ1) is 16.1. The summed E-state index contributed by atoms with van der Waals surface area (Å²) >= 11 is 11.5. The van der Waals surface area contributed by atoms with Crippen LogP contribution in [0.15, 0.2) is 59.1 Å². The maximum absolute atomic E-state index is 5.96. The molecule has 1 aromatic heterocycles. The van der Waals surface area contributed by atoms with E-state index < -0.39 is 0 Å². The van der Waals surface area contributed by atoms with Gasteiger partial charge in [-0.25, -0.2) is 0 Å². The van der Waals surface area contributed by atoms with Crippen molar-refractivity contribution in [2.75, 3.05) is 11.9 Å². The quantitative estimate of drug-likeness (QED) is 0.660. The molecular formula is C19H16ClN3OS. The maximum atomic E-state index is 5.96. The molecule has 2 heterocycles. The summed E-state index contributed by atoms with van der Waals surface area (Å²) in [4.78, 5) is 2.11. The number of nitrogens with one attached hydrogen (secondary N) is 1. The Morgan fingerprint density at radius 1 is 1.12 bits per heavy atom. The highest BCUT2D eigenvalue weighted by molar-refractivity contribution is 7.80. The van der Waals surface area contributed by atoms with E-state index in [1.807, 2.05) is 54.6 Å². The third-order valence-corrected chi connectivity index (χ3v) is 4.87. The van der Waals surface area contributed by atoms with E-state index >= 15 is 0 Å². The lowest BCUT2D eigenvalue weighted by Gasteiger charge is -2.28. The van der Waals surface area contributed by atoms with Gasteiger partial charge < -0.3 is 14.7 Å². The molecule has 0 saturated heterocycles. The number of nitrogens with zero attached hydrogens (tertiary/aromatic N) is 2. The van der Waals surface area contributed by atoms with E-state index in [0.29, 0.717) is 16.7 Å². The van der Waals surface area contributed by atoms with Gasteiger partial charge >= 0.3 is 0 Å². The lowest BCUT2D eigenvalue weighted by molar-refractivity contribution is 0.373. The molecule has 4 rings (SSSR count). The molecule has 4 nitrogen and oxygen atoms in total. The van der Waals surface area contributed by atoms with Gasteiger partial charge in [-0.15, -0.1) is 0 Å². The lowest BCUT2D eigenvalue weighted by Crippen LogP contribution is -2.38. The molecule has 6 heteroatoms. The van der Waals surface area contributed by atoms with Gasteiger partial charge in [-0.2, -0.15) is 0 Å². The first-order chi connectivity index (χ1) is 12.2. The first-order valence-electron chi connectivity index (χ1n) is 8.05. The number of rotatable bonds is 2. The molecule has 0 bridgehead atoms. The van der Waals surface area contributed by atoms with Crippen molar-refractivity contribution < 1.29 is 4.52 Å². The number of benzene rings is 2. The zero-order valence-corrected chi connectivity index (χ0v) is 15.0. The van der Waals surface area contributed by atoms with E-state index in [1.54, 1.807) is 0 Å². The van der Waals surface area contributed by atoms with Crippen LogP contribution >= 0.6 is 23.8 Å². The minimum absolute atomic E-state index is 0.644. The molecule has 0 fully saturated rings. The number of fused-ring (bicyclic) bond motifs is 1. The molecule has 126 valence electrons. The predicted molar refractivity (Wildman–Crippen MR) is 104 cm³/mol. The standard InChI is InChI=1S/C19H16ClN3OS/c20-14-8-6-13(7-9-14)18-16-10-11-23(12-17(16)22-24-18)19(25)21-15-4-2-1-3-5-15/h1-9H,10-12H2,(H,21,25). The second-order valence-electron chi connectivity index (χ2n) is 5.91. The topological polar surface area (TPSA) is 41.3 Å². The van der Waals surface area contributed by atoms with Gasteiger partial charge in [-0.05, 0) is 55.0 Å². The third kappa shape index (κ3) is 3.38. The van der Waals surface area contributed by atoms with E-state index in [2.05, 4.69) is 15.4 Å². The number of anilines is 1. The van der Waals surface area contributed by atoms with Gasteiger partial charge in [0.05, 0.1) is 6.54 Å². The zero-order valence-electron chi connectivity index (χ0n) is 13.4. The Bertz CT molecular complexity index is 893. The monoisotopic (exact) mass is 369 g/mol. The molecule has 0 amide bonds. The summed E-state index contributed by atoms with van der Waals surface area (Å²) in [5.74, 6) is 0.827. The number of hydrogen-bond donors (Lipinski definition) is 1. The molecule has 1 aliphatic rings. The van der Waals surface area contributed by atoms with Crippen molar-refractivity contribution in [3.63, 3.8) is 0 Å². The van der Waals surface area contributed by atoms with Gasteiger partial charge in [0.15, 0.2) is 10.9 Å². The molecule has 25 heavy (non-hydrogen) atoms. The summed E-state index contributed by atoms with van der Waals surface area (Å²) in [5.41, 5.74) is 4.08. The fraction of sp³-hybridized carbons (Fsp3) is 0.158. The van der Waals surface area contributed by atoms with Gasteiger partial charge in [0.2, 0.25) is 0 Å². The van der Waals surface area contributed by atoms with Crippen molar-refractivity contribution in [1.29, 1.82) is 0 Å². The Labute approximate surface area is 156 Å². The van der Waals surface area contributed by atoms with E-state index in [0.717, 1.165) is 41.2 Å². The number of aromatic nitrogens is 1. The molecular weight excluding hydrogens is 354 g/mol. The van der Waals surface area contributed by atoms with Crippen molar-refractivity contribution in [3.05, 3.63) is 70.9 Å². The van der Waals surface area contributed by atoms with Gasteiger partial charge in [-0.3, -0.25) is 0 Å². The van der Waals surface area contributed by atoms with Gasteiger partial charge in [0.25, 0.3) is 0 Å². The molecule has 2 aromatic carbocycles. The zero-order chi connectivity index (χ0) is 17.2. The Hall–Kier alpha value is -2.37. The number of halogens is 1. The molecule has 1 N–H and O–H groups in total.